The molecule has 0 aliphatic carbocycles. The largest absolute Gasteiger partial charge is 0.496 e. The zero-order valence-electron chi connectivity index (χ0n) is 17.4. The molecule has 1 atom stereocenters. The van der Waals surface area contributed by atoms with Gasteiger partial charge in [0.05, 0.1) is 25.3 Å². The molecular weight excluding hydrogens is 382 g/mol. The summed E-state index contributed by atoms with van der Waals surface area (Å²) in [6.07, 6.45) is 3.82. The quantitative estimate of drug-likeness (QED) is 0.537. The Hall–Kier alpha value is -2.97. The number of hydrogen-bond acceptors (Lipinski definition) is 8. The van der Waals surface area contributed by atoms with E-state index in [4.69, 9.17) is 19.0 Å². The van der Waals surface area contributed by atoms with Crippen LogP contribution in [0.15, 0.2) is 47.1 Å². The summed E-state index contributed by atoms with van der Waals surface area (Å²) in [4.78, 5) is 11.5. The van der Waals surface area contributed by atoms with Gasteiger partial charge in [-0.1, -0.05) is 23.4 Å². The molecule has 0 bridgehead atoms. The van der Waals surface area contributed by atoms with Gasteiger partial charge in [-0.2, -0.15) is 4.98 Å². The molecule has 8 nitrogen and oxygen atoms in total. The van der Waals surface area contributed by atoms with Crippen LogP contribution in [0.4, 0.5) is 5.82 Å². The van der Waals surface area contributed by atoms with Crippen LogP contribution in [0.3, 0.4) is 0 Å². The molecule has 3 heterocycles. The Bertz CT molecular complexity index is 961. The first-order valence-electron chi connectivity index (χ1n) is 10.2. The molecule has 2 aromatic heterocycles. The lowest BCUT2D eigenvalue weighted by molar-refractivity contribution is 0.199. The average molecular weight is 409 g/mol. The molecular formula is C22H27N5O3. The smallest absolute Gasteiger partial charge is 0.244 e. The summed E-state index contributed by atoms with van der Waals surface area (Å²) in [7, 11) is 3.38. The Kier molecular flexibility index (Phi) is 6.56. The van der Waals surface area contributed by atoms with E-state index in [-0.39, 0.29) is 6.04 Å². The maximum atomic E-state index is 5.69. The molecule has 1 aliphatic rings. The third kappa shape index (κ3) is 4.44. The number of benzene rings is 1. The summed E-state index contributed by atoms with van der Waals surface area (Å²) in [5.41, 5.74) is 1.97. The van der Waals surface area contributed by atoms with Gasteiger partial charge in [-0.05, 0) is 37.6 Å². The third-order valence-electron chi connectivity index (χ3n) is 5.30. The molecule has 4 rings (SSSR count). The number of methoxy groups -OCH3 is 2. The van der Waals surface area contributed by atoms with E-state index in [1.807, 2.05) is 30.3 Å². The number of nitrogens with zero attached hydrogens (tertiary/aromatic N) is 4. The Morgan fingerprint density at radius 3 is 2.97 bits per heavy atom. The summed E-state index contributed by atoms with van der Waals surface area (Å²) in [5.74, 6) is 2.81. The monoisotopic (exact) mass is 409 g/mol. The van der Waals surface area contributed by atoms with Gasteiger partial charge >= 0.3 is 0 Å². The van der Waals surface area contributed by atoms with Crippen LogP contribution in [0.2, 0.25) is 0 Å². The molecule has 1 N–H and O–H groups in total. The number of ether oxygens (including phenoxy) is 2. The van der Waals surface area contributed by atoms with Crippen LogP contribution in [0.1, 0.15) is 30.3 Å². The second kappa shape index (κ2) is 9.69. The van der Waals surface area contributed by atoms with Crippen LogP contribution in [0.25, 0.3) is 11.4 Å². The van der Waals surface area contributed by atoms with Crippen molar-refractivity contribution in [3.05, 3.63) is 54.0 Å². The molecule has 1 saturated heterocycles. The van der Waals surface area contributed by atoms with Gasteiger partial charge in [0, 0.05) is 32.0 Å². The Morgan fingerprint density at radius 2 is 2.10 bits per heavy atom. The van der Waals surface area contributed by atoms with Crippen LogP contribution in [-0.2, 0) is 11.3 Å². The minimum Gasteiger partial charge on any atom is -0.496 e. The molecule has 0 amide bonds. The highest BCUT2D eigenvalue weighted by atomic mass is 16.5. The predicted molar refractivity (Wildman–Crippen MR) is 113 cm³/mol. The van der Waals surface area contributed by atoms with Crippen molar-refractivity contribution in [2.75, 3.05) is 39.2 Å². The van der Waals surface area contributed by atoms with Crippen molar-refractivity contribution in [3.63, 3.8) is 0 Å². The van der Waals surface area contributed by atoms with Gasteiger partial charge in [0.15, 0.2) is 0 Å². The summed E-state index contributed by atoms with van der Waals surface area (Å²) in [6.45, 7) is 3.01. The molecule has 3 aromatic rings. The molecule has 8 heteroatoms. The fourth-order valence-electron chi connectivity index (χ4n) is 3.83. The van der Waals surface area contributed by atoms with E-state index in [1.54, 1.807) is 20.4 Å². The first kappa shape index (κ1) is 20.3. The van der Waals surface area contributed by atoms with Gasteiger partial charge in [0.2, 0.25) is 11.7 Å². The number of para-hydroxylation sites is 1. The zero-order chi connectivity index (χ0) is 20.8. The molecule has 1 fully saturated rings. The summed E-state index contributed by atoms with van der Waals surface area (Å²) < 4.78 is 16.3. The highest BCUT2D eigenvalue weighted by molar-refractivity contribution is 5.69. The molecule has 0 radical (unpaired) electrons. The first-order chi connectivity index (χ1) is 14.8. The molecule has 0 saturated carbocycles. The van der Waals surface area contributed by atoms with E-state index in [9.17, 15) is 0 Å². The highest BCUT2D eigenvalue weighted by Crippen LogP contribution is 2.35. The van der Waals surface area contributed by atoms with Crippen molar-refractivity contribution < 1.29 is 14.0 Å². The topological polar surface area (TPSA) is 85.5 Å². The van der Waals surface area contributed by atoms with Crippen molar-refractivity contribution in [3.8, 4) is 17.1 Å². The lowest BCUT2D eigenvalue weighted by Crippen LogP contribution is -2.23. The van der Waals surface area contributed by atoms with Gasteiger partial charge in [-0.25, -0.2) is 4.98 Å². The lowest BCUT2D eigenvalue weighted by atomic mass is 10.1. The van der Waals surface area contributed by atoms with Crippen molar-refractivity contribution in [1.82, 2.24) is 20.0 Å². The van der Waals surface area contributed by atoms with E-state index in [1.165, 1.54) is 0 Å². The zero-order valence-corrected chi connectivity index (χ0v) is 17.4. The summed E-state index contributed by atoms with van der Waals surface area (Å²) in [6, 6.07) is 12.0. The summed E-state index contributed by atoms with van der Waals surface area (Å²) in [5, 5.41) is 7.51. The number of pyridine rings is 1. The van der Waals surface area contributed by atoms with Crippen LogP contribution < -0.4 is 10.1 Å². The van der Waals surface area contributed by atoms with Crippen molar-refractivity contribution in [2.45, 2.75) is 25.4 Å². The minimum atomic E-state index is 0.0951. The van der Waals surface area contributed by atoms with Gasteiger partial charge in [-0.3, -0.25) is 4.90 Å². The number of rotatable bonds is 9. The molecule has 0 unspecified atom stereocenters. The Labute approximate surface area is 176 Å². The standard InChI is InChI=1S/C22H27N5O3/c1-28-14-12-24-20-17(8-5-11-23-20)21-25-22(30-26-21)18-9-6-13-27(18)15-16-7-3-4-10-19(16)29-2/h3-5,7-8,10-11,18H,6,9,12-15H2,1-2H3,(H,23,24)/t18-/m0/s1. The average Bonchev–Trinajstić information content (AvgIpc) is 3.44. The second-order valence-corrected chi connectivity index (χ2v) is 7.22. The SMILES string of the molecule is COCCNc1ncccc1-c1noc([C@@H]2CCCN2Cc2ccccc2OC)n1. The first-order valence-corrected chi connectivity index (χ1v) is 10.2. The maximum absolute atomic E-state index is 5.69. The fourth-order valence-corrected chi connectivity index (χ4v) is 3.83. The van der Waals surface area contributed by atoms with Gasteiger partial charge in [0.1, 0.15) is 11.6 Å². The molecule has 1 aromatic carbocycles. The molecule has 0 spiro atoms. The maximum Gasteiger partial charge on any atom is 0.244 e. The fraction of sp³-hybridized carbons (Fsp3) is 0.409. The number of nitrogens with one attached hydrogen (secondary N) is 1. The van der Waals surface area contributed by atoms with Crippen molar-refractivity contribution in [2.24, 2.45) is 0 Å². The van der Waals surface area contributed by atoms with E-state index in [0.717, 1.165) is 48.6 Å². The highest BCUT2D eigenvalue weighted by Gasteiger charge is 2.31. The number of likely N-dealkylation sites (tertiary alicyclic amines) is 1. The van der Waals surface area contributed by atoms with Crippen molar-refractivity contribution in [1.29, 1.82) is 0 Å². The normalized spacial score (nSPS) is 16.7. The van der Waals surface area contributed by atoms with E-state index < -0.39 is 0 Å². The lowest BCUT2D eigenvalue weighted by Gasteiger charge is -2.22. The number of aromatic nitrogens is 3. The van der Waals surface area contributed by atoms with E-state index in [2.05, 4.69) is 26.4 Å². The minimum absolute atomic E-state index is 0.0951. The third-order valence-corrected chi connectivity index (χ3v) is 5.30. The van der Waals surface area contributed by atoms with Crippen LogP contribution in [0.5, 0.6) is 5.75 Å². The number of anilines is 1. The Morgan fingerprint density at radius 1 is 1.20 bits per heavy atom. The Balaban J connectivity index is 1.52. The molecule has 158 valence electrons. The van der Waals surface area contributed by atoms with Gasteiger partial charge in [-0.15, -0.1) is 0 Å². The van der Waals surface area contributed by atoms with E-state index >= 15 is 0 Å². The molecule has 30 heavy (non-hydrogen) atoms. The van der Waals surface area contributed by atoms with Gasteiger partial charge in [0.25, 0.3) is 0 Å². The van der Waals surface area contributed by atoms with Gasteiger partial charge < -0.3 is 19.3 Å². The predicted octanol–water partition coefficient (Wildman–Crippen LogP) is 3.54. The van der Waals surface area contributed by atoms with Crippen LogP contribution in [0, 0.1) is 0 Å². The second-order valence-electron chi connectivity index (χ2n) is 7.22. The van der Waals surface area contributed by atoms with Crippen LogP contribution >= 0.6 is 0 Å². The van der Waals surface area contributed by atoms with E-state index in [0.29, 0.717) is 24.9 Å². The summed E-state index contributed by atoms with van der Waals surface area (Å²) >= 11 is 0. The number of hydrogen-bond donors (Lipinski definition) is 1. The molecule has 1 aliphatic heterocycles. The van der Waals surface area contributed by atoms with Crippen LogP contribution in [-0.4, -0.2) is 53.9 Å². The van der Waals surface area contributed by atoms with Crippen molar-refractivity contribution >= 4 is 5.82 Å².